The van der Waals surface area contributed by atoms with E-state index in [9.17, 15) is 18.0 Å². The van der Waals surface area contributed by atoms with E-state index in [0.717, 1.165) is 0 Å². The first-order valence-corrected chi connectivity index (χ1v) is 9.75. The third-order valence-electron chi connectivity index (χ3n) is 4.43. The summed E-state index contributed by atoms with van der Waals surface area (Å²) in [6.07, 6.45) is -1.84. The van der Waals surface area contributed by atoms with Gasteiger partial charge in [-0.1, -0.05) is 0 Å². The fourth-order valence-electron chi connectivity index (χ4n) is 2.89. The minimum Gasteiger partial charge on any atom is -0.481 e. The van der Waals surface area contributed by atoms with Crippen molar-refractivity contribution >= 4 is 17.4 Å². The number of hydrogen-bond donors (Lipinski definition) is 2. The van der Waals surface area contributed by atoms with Crippen molar-refractivity contribution in [1.29, 1.82) is 0 Å². The molecule has 0 spiro atoms. The monoisotopic (exact) mass is 470 g/mol. The number of carbonyl (C=O) groups excluding carboxylic acids is 1. The molecule has 2 aromatic carbocycles. The van der Waals surface area contributed by atoms with Gasteiger partial charge in [0.25, 0.3) is 0 Å². The molecule has 0 radical (unpaired) electrons. The maximum Gasteiger partial charge on any atom is 0.573 e. The highest BCUT2D eigenvalue weighted by atomic mass is 19.4. The van der Waals surface area contributed by atoms with Gasteiger partial charge in [-0.15, -0.1) is 18.3 Å². The molecule has 34 heavy (non-hydrogen) atoms. The molecule has 0 aliphatic rings. The number of carbonyl (C=O) groups is 1. The molecule has 2 heterocycles. The lowest BCUT2D eigenvalue weighted by Crippen LogP contribution is -2.19. The molecular weight excluding hydrogens is 453 g/mol. The third-order valence-corrected chi connectivity index (χ3v) is 4.43. The van der Waals surface area contributed by atoms with Crippen LogP contribution < -0.4 is 20.1 Å². The molecule has 0 unspecified atom stereocenters. The van der Waals surface area contributed by atoms with Crippen molar-refractivity contribution in [2.75, 3.05) is 17.7 Å². The van der Waals surface area contributed by atoms with Crippen LogP contribution >= 0.6 is 0 Å². The molecule has 2 aromatic heterocycles. The summed E-state index contributed by atoms with van der Waals surface area (Å²) >= 11 is 0. The Hall–Kier alpha value is -4.61. The molecule has 0 saturated heterocycles. The average Bonchev–Trinajstić information content (AvgIpc) is 3.30. The number of ether oxygens (including phenoxy) is 2. The molecule has 2 N–H and O–H groups in total. The second kappa shape index (κ2) is 9.48. The maximum absolute atomic E-state index is 12.3. The van der Waals surface area contributed by atoms with E-state index in [1.165, 1.54) is 48.6 Å². The highest BCUT2D eigenvalue weighted by Gasteiger charge is 2.31. The van der Waals surface area contributed by atoms with E-state index in [1.54, 1.807) is 36.4 Å². The Kier molecular flexibility index (Phi) is 6.30. The standard InChI is InChI=1S/C22H17F3N6O3/c1-33-19-11-6-16(12-26-19)29-21(32)28-15-4-2-14(3-5-15)20-27-13-31(30-20)17-7-9-18(10-8-17)34-22(23,24)25/h2-13H,1H3,(H2,28,29,32). The summed E-state index contributed by atoms with van der Waals surface area (Å²) in [6, 6.07) is 14.9. The van der Waals surface area contributed by atoms with Gasteiger partial charge in [0.2, 0.25) is 5.88 Å². The summed E-state index contributed by atoms with van der Waals surface area (Å²) in [5, 5.41) is 9.70. The van der Waals surface area contributed by atoms with Gasteiger partial charge in [0.05, 0.1) is 24.7 Å². The number of amides is 2. The number of nitrogens with zero attached hydrogens (tertiary/aromatic N) is 4. The second-order valence-electron chi connectivity index (χ2n) is 6.80. The lowest BCUT2D eigenvalue weighted by atomic mass is 10.2. The SMILES string of the molecule is COc1ccc(NC(=O)Nc2ccc(-c3ncn(-c4ccc(OC(F)(F)F)cc4)n3)cc2)cn1. The summed E-state index contributed by atoms with van der Waals surface area (Å²) in [5.74, 6) is 0.507. The Balaban J connectivity index is 1.38. The highest BCUT2D eigenvalue weighted by molar-refractivity contribution is 5.99. The van der Waals surface area contributed by atoms with E-state index in [-0.39, 0.29) is 5.75 Å². The van der Waals surface area contributed by atoms with E-state index < -0.39 is 12.4 Å². The Morgan fingerprint density at radius 2 is 1.59 bits per heavy atom. The molecule has 0 fully saturated rings. The van der Waals surface area contributed by atoms with Crippen LogP contribution in [-0.2, 0) is 0 Å². The number of nitrogens with one attached hydrogen (secondary N) is 2. The van der Waals surface area contributed by atoms with Gasteiger partial charge in [0.1, 0.15) is 12.1 Å². The molecule has 174 valence electrons. The van der Waals surface area contributed by atoms with Gasteiger partial charge in [-0.3, -0.25) is 0 Å². The zero-order chi connectivity index (χ0) is 24.1. The molecule has 4 aromatic rings. The van der Waals surface area contributed by atoms with Crippen molar-refractivity contribution in [2.24, 2.45) is 0 Å². The van der Waals surface area contributed by atoms with Crippen LogP contribution in [0.25, 0.3) is 17.1 Å². The normalized spacial score (nSPS) is 11.1. The molecule has 12 heteroatoms. The molecule has 0 aliphatic carbocycles. The fraction of sp³-hybridized carbons (Fsp3) is 0.0909. The van der Waals surface area contributed by atoms with Crippen LogP contribution in [-0.4, -0.2) is 39.3 Å². The number of pyridine rings is 1. The number of methoxy groups -OCH3 is 1. The van der Waals surface area contributed by atoms with Crippen LogP contribution in [0.3, 0.4) is 0 Å². The Bertz CT molecular complexity index is 1260. The molecule has 0 atom stereocenters. The smallest absolute Gasteiger partial charge is 0.481 e. The summed E-state index contributed by atoms with van der Waals surface area (Å²) in [6.45, 7) is 0. The fourth-order valence-corrected chi connectivity index (χ4v) is 2.89. The second-order valence-corrected chi connectivity index (χ2v) is 6.80. The van der Waals surface area contributed by atoms with Crippen LogP contribution in [0.1, 0.15) is 0 Å². The lowest BCUT2D eigenvalue weighted by molar-refractivity contribution is -0.274. The maximum atomic E-state index is 12.3. The number of rotatable bonds is 6. The summed E-state index contributed by atoms with van der Waals surface area (Å²) in [5.41, 5.74) is 2.24. The molecule has 9 nitrogen and oxygen atoms in total. The predicted octanol–water partition coefficient (Wildman–Crippen LogP) is 4.88. The molecule has 4 rings (SSSR count). The van der Waals surface area contributed by atoms with E-state index in [0.29, 0.717) is 34.3 Å². The Labute approximate surface area is 191 Å². The van der Waals surface area contributed by atoms with Gasteiger partial charge < -0.3 is 20.1 Å². The minimum absolute atomic E-state index is 0.327. The van der Waals surface area contributed by atoms with Gasteiger partial charge in [0, 0.05) is 17.3 Å². The van der Waals surface area contributed by atoms with Crippen molar-refractivity contribution in [3.05, 3.63) is 73.2 Å². The zero-order valence-electron chi connectivity index (χ0n) is 17.6. The molecule has 2 amide bonds. The Morgan fingerprint density at radius 3 is 2.21 bits per heavy atom. The number of hydrogen-bond acceptors (Lipinski definition) is 6. The van der Waals surface area contributed by atoms with Gasteiger partial charge in [-0.25, -0.2) is 19.4 Å². The van der Waals surface area contributed by atoms with E-state index >= 15 is 0 Å². The molecule has 0 saturated carbocycles. The predicted molar refractivity (Wildman–Crippen MR) is 117 cm³/mol. The number of benzene rings is 2. The van der Waals surface area contributed by atoms with Gasteiger partial charge in [-0.05, 0) is 54.6 Å². The number of alkyl halides is 3. The van der Waals surface area contributed by atoms with Crippen molar-refractivity contribution in [2.45, 2.75) is 6.36 Å². The first kappa shape index (κ1) is 22.6. The molecular formula is C22H17F3N6O3. The first-order chi connectivity index (χ1) is 16.3. The zero-order valence-corrected chi connectivity index (χ0v) is 17.6. The number of halogens is 3. The average molecular weight is 470 g/mol. The van der Waals surface area contributed by atoms with Gasteiger partial charge in [0.15, 0.2) is 5.82 Å². The van der Waals surface area contributed by atoms with Crippen molar-refractivity contribution in [1.82, 2.24) is 19.7 Å². The summed E-state index contributed by atoms with van der Waals surface area (Å²) in [7, 11) is 1.50. The van der Waals surface area contributed by atoms with E-state index in [4.69, 9.17) is 4.74 Å². The highest BCUT2D eigenvalue weighted by Crippen LogP contribution is 2.24. The van der Waals surface area contributed by atoms with Crippen LogP contribution in [0.4, 0.5) is 29.3 Å². The van der Waals surface area contributed by atoms with Crippen LogP contribution in [0.2, 0.25) is 0 Å². The van der Waals surface area contributed by atoms with E-state index in [1.807, 2.05) is 0 Å². The molecule has 0 aliphatic heterocycles. The first-order valence-electron chi connectivity index (χ1n) is 9.75. The quantitative estimate of drug-likeness (QED) is 0.416. The largest absolute Gasteiger partial charge is 0.573 e. The number of urea groups is 1. The topological polar surface area (TPSA) is 103 Å². The van der Waals surface area contributed by atoms with Crippen molar-refractivity contribution < 1.29 is 27.4 Å². The lowest BCUT2D eigenvalue weighted by Gasteiger charge is -2.09. The van der Waals surface area contributed by atoms with Crippen molar-refractivity contribution in [3.8, 4) is 28.7 Å². The van der Waals surface area contributed by atoms with E-state index in [2.05, 4.69) is 30.4 Å². The summed E-state index contributed by atoms with van der Waals surface area (Å²) in [4.78, 5) is 20.4. The van der Waals surface area contributed by atoms with Gasteiger partial charge in [-0.2, -0.15) is 0 Å². The Morgan fingerprint density at radius 1 is 0.912 bits per heavy atom. The van der Waals surface area contributed by atoms with Crippen LogP contribution in [0.15, 0.2) is 73.2 Å². The minimum atomic E-state index is -4.75. The molecule has 0 bridgehead atoms. The van der Waals surface area contributed by atoms with Crippen LogP contribution in [0, 0.1) is 0 Å². The number of aromatic nitrogens is 4. The van der Waals surface area contributed by atoms with Crippen LogP contribution in [0.5, 0.6) is 11.6 Å². The third kappa shape index (κ3) is 5.79. The van der Waals surface area contributed by atoms with Crippen molar-refractivity contribution in [3.63, 3.8) is 0 Å². The summed E-state index contributed by atoms with van der Waals surface area (Å²) < 4.78 is 47.1. The van der Waals surface area contributed by atoms with Gasteiger partial charge >= 0.3 is 12.4 Å². The number of anilines is 2.